The molecule has 0 aliphatic carbocycles. The molecule has 0 radical (unpaired) electrons. The minimum absolute atomic E-state index is 0.0572. The Morgan fingerprint density at radius 2 is 2.37 bits per heavy atom. The maximum absolute atomic E-state index is 12.1. The zero-order valence-corrected chi connectivity index (χ0v) is 11.5. The average Bonchev–Trinajstić information content (AvgIpc) is 2.95. The summed E-state index contributed by atoms with van der Waals surface area (Å²) in [5, 5.41) is 3.21. The van der Waals surface area contributed by atoms with Crippen molar-refractivity contribution in [3.63, 3.8) is 0 Å². The van der Waals surface area contributed by atoms with E-state index in [9.17, 15) is 13.2 Å². The standard InChI is InChI=1S/C11H18N4O3S/c1-15-7-9(5-10(15)11(12)16)19(17,18)14-6-8-3-2-4-13-8/h5,7-8,13-14H,2-4,6H2,1H3,(H2,12,16)/t8-/m0/s1. The first kappa shape index (κ1) is 14.0. The number of rotatable bonds is 5. The first-order valence-electron chi connectivity index (χ1n) is 6.09. The lowest BCUT2D eigenvalue weighted by molar-refractivity contribution is 0.0992. The predicted molar refractivity (Wildman–Crippen MR) is 70.1 cm³/mol. The van der Waals surface area contributed by atoms with Crippen molar-refractivity contribution in [2.24, 2.45) is 12.8 Å². The minimum atomic E-state index is -3.60. The van der Waals surface area contributed by atoms with Crippen LogP contribution >= 0.6 is 0 Å². The second-order valence-electron chi connectivity index (χ2n) is 4.68. The van der Waals surface area contributed by atoms with E-state index in [4.69, 9.17) is 5.73 Å². The number of amides is 1. The van der Waals surface area contributed by atoms with E-state index in [0.29, 0.717) is 6.54 Å². The number of carbonyl (C=O) groups is 1. The highest BCUT2D eigenvalue weighted by Gasteiger charge is 2.22. The van der Waals surface area contributed by atoms with E-state index in [1.807, 2.05) is 0 Å². The van der Waals surface area contributed by atoms with Crippen molar-refractivity contribution < 1.29 is 13.2 Å². The van der Waals surface area contributed by atoms with Gasteiger partial charge in [-0.2, -0.15) is 0 Å². The molecule has 1 saturated heterocycles. The molecule has 1 aliphatic heterocycles. The van der Waals surface area contributed by atoms with Crippen LogP contribution in [0.4, 0.5) is 0 Å². The third-order valence-electron chi connectivity index (χ3n) is 3.22. The SMILES string of the molecule is Cn1cc(S(=O)(=O)NC[C@@H]2CCCN2)cc1C(N)=O. The topological polar surface area (TPSA) is 106 Å². The molecule has 0 aromatic carbocycles. The van der Waals surface area contributed by atoms with Crippen LogP contribution in [-0.4, -0.2) is 38.0 Å². The third kappa shape index (κ3) is 3.14. The summed E-state index contributed by atoms with van der Waals surface area (Å²) in [6, 6.07) is 1.46. The molecule has 2 heterocycles. The number of aryl methyl sites for hydroxylation is 1. The Morgan fingerprint density at radius 3 is 2.89 bits per heavy atom. The normalized spacial score (nSPS) is 19.7. The zero-order valence-electron chi connectivity index (χ0n) is 10.7. The van der Waals surface area contributed by atoms with Crippen LogP contribution in [0.3, 0.4) is 0 Å². The molecule has 1 aliphatic rings. The largest absolute Gasteiger partial charge is 0.364 e. The van der Waals surface area contributed by atoms with Crippen LogP contribution in [-0.2, 0) is 17.1 Å². The van der Waals surface area contributed by atoms with Gasteiger partial charge in [-0.15, -0.1) is 0 Å². The highest BCUT2D eigenvalue weighted by Crippen LogP contribution is 2.13. The number of sulfonamides is 1. The van der Waals surface area contributed by atoms with Gasteiger partial charge in [-0.05, 0) is 25.5 Å². The fourth-order valence-corrected chi connectivity index (χ4v) is 3.30. The van der Waals surface area contributed by atoms with Crippen molar-refractivity contribution >= 4 is 15.9 Å². The molecule has 4 N–H and O–H groups in total. The smallest absolute Gasteiger partial charge is 0.265 e. The van der Waals surface area contributed by atoms with Crippen molar-refractivity contribution in [3.05, 3.63) is 18.0 Å². The molecule has 8 heteroatoms. The first-order chi connectivity index (χ1) is 8.90. The number of nitrogens with zero attached hydrogens (tertiary/aromatic N) is 1. The fourth-order valence-electron chi connectivity index (χ4n) is 2.15. The maximum atomic E-state index is 12.1. The quantitative estimate of drug-likeness (QED) is 0.655. The van der Waals surface area contributed by atoms with Gasteiger partial charge in [0.15, 0.2) is 0 Å². The number of aromatic nitrogens is 1. The van der Waals surface area contributed by atoms with E-state index in [1.54, 1.807) is 7.05 Å². The van der Waals surface area contributed by atoms with Gasteiger partial charge in [0.05, 0.1) is 0 Å². The number of carbonyl (C=O) groups excluding carboxylic acids is 1. The van der Waals surface area contributed by atoms with Gasteiger partial charge >= 0.3 is 0 Å². The lowest BCUT2D eigenvalue weighted by Gasteiger charge is -2.10. The third-order valence-corrected chi connectivity index (χ3v) is 4.62. The molecule has 0 unspecified atom stereocenters. The van der Waals surface area contributed by atoms with Crippen LogP contribution in [0.1, 0.15) is 23.3 Å². The number of hydrogen-bond acceptors (Lipinski definition) is 4. The molecule has 1 aromatic rings. The van der Waals surface area contributed by atoms with Gasteiger partial charge in [0.2, 0.25) is 10.0 Å². The Labute approximate surface area is 112 Å². The van der Waals surface area contributed by atoms with Crippen LogP contribution in [0.25, 0.3) is 0 Å². The van der Waals surface area contributed by atoms with Gasteiger partial charge in [0, 0.05) is 25.8 Å². The van der Waals surface area contributed by atoms with Crippen LogP contribution in [0, 0.1) is 0 Å². The highest BCUT2D eigenvalue weighted by molar-refractivity contribution is 7.89. The van der Waals surface area contributed by atoms with Crippen molar-refractivity contribution in [1.29, 1.82) is 0 Å². The lowest BCUT2D eigenvalue weighted by Crippen LogP contribution is -2.37. The Balaban J connectivity index is 2.10. The van der Waals surface area contributed by atoms with Gasteiger partial charge < -0.3 is 15.6 Å². The number of nitrogens with one attached hydrogen (secondary N) is 2. The lowest BCUT2D eigenvalue weighted by atomic mass is 10.2. The minimum Gasteiger partial charge on any atom is -0.364 e. The summed E-state index contributed by atoms with van der Waals surface area (Å²) in [6.45, 7) is 1.27. The van der Waals surface area contributed by atoms with Crippen LogP contribution in [0.2, 0.25) is 0 Å². The molecule has 0 bridgehead atoms. The monoisotopic (exact) mass is 286 g/mol. The Bertz CT molecular complexity index is 573. The van der Waals surface area contributed by atoms with E-state index in [1.165, 1.54) is 16.8 Å². The summed E-state index contributed by atoms with van der Waals surface area (Å²) in [6.07, 6.45) is 3.40. The zero-order chi connectivity index (χ0) is 14.0. The summed E-state index contributed by atoms with van der Waals surface area (Å²) in [5.74, 6) is -0.651. The van der Waals surface area contributed by atoms with Crippen molar-refractivity contribution in [2.75, 3.05) is 13.1 Å². The van der Waals surface area contributed by atoms with Crippen molar-refractivity contribution in [2.45, 2.75) is 23.8 Å². The van der Waals surface area contributed by atoms with Gasteiger partial charge in [-0.1, -0.05) is 0 Å². The first-order valence-corrected chi connectivity index (χ1v) is 7.57. The van der Waals surface area contributed by atoms with Crippen molar-refractivity contribution in [1.82, 2.24) is 14.6 Å². The Morgan fingerprint density at radius 1 is 1.63 bits per heavy atom. The molecule has 1 amide bonds. The fraction of sp³-hybridized carbons (Fsp3) is 0.545. The maximum Gasteiger partial charge on any atom is 0.265 e. The van der Waals surface area contributed by atoms with Crippen LogP contribution in [0.15, 0.2) is 17.2 Å². The van der Waals surface area contributed by atoms with E-state index in [2.05, 4.69) is 10.0 Å². The van der Waals surface area contributed by atoms with E-state index < -0.39 is 15.9 Å². The molecule has 7 nitrogen and oxygen atoms in total. The van der Waals surface area contributed by atoms with E-state index in [0.717, 1.165) is 19.4 Å². The molecule has 0 saturated carbocycles. The molecule has 1 fully saturated rings. The molecule has 106 valence electrons. The second kappa shape index (κ2) is 5.32. The van der Waals surface area contributed by atoms with E-state index >= 15 is 0 Å². The predicted octanol–water partition coefficient (Wildman–Crippen LogP) is -0.846. The molecular formula is C11H18N4O3S. The van der Waals surface area contributed by atoms with Crippen molar-refractivity contribution in [3.8, 4) is 0 Å². The van der Waals surface area contributed by atoms with Gasteiger partial charge in [-0.25, -0.2) is 13.1 Å². The molecule has 19 heavy (non-hydrogen) atoms. The molecule has 0 spiro atoms. The van der Waals surface area contributed by atoms with Gasteiger partial charge in [0.1, 0.15) is 10.6 Å². The molecule has 1 aromatic heterocycles. The van der Waals surface area contributed by atoms with Gasteiger partial charge in [-0.3, -0.25) is 4.79 Å². The van der Waals surface area contributed by atoms with E-state index in [-0.39, 0.29) is 16.6 Å². The molecular weight excluding hydrogens is 268 g/mol. The number of nitrogens with two attached hydrogens (primary N) is 1. The number of primary amides is 1. The highest BCUT2D eigenvalue weighted by atomic mass is 32.2. The molecule has 1 atom stereocenters. The summed E-state index contributed by atoms with van der Waals surface area (Å²) in [5.41, 5.74) is 5.33. The average molecular weight is 286 g/mol. The summed E-state index contributed by atoms with van der Waals surface area (Å²) >= 11 is 0. The summed E-state index contributed by atoms with van der Waals surface area (Å²) in [7, 11) is -2.02. The van der Waals surface area contributed by atoms with Crippen LogP contribution < -0.4 is 15.8 Å². The van der Waals surface area contributed by atoms with Gasteiger partial charge in [0.25, 0.3) is 5.91 Å². The second-order valence-corrected chi connectivity index (χ2v) is 6.45. The Hall–Kier alpha value is -1.38. The molecule has 2 rings (SSSR count). The van der Waals surface area contributed by atoms with Crippen LogP contribution in [0.5, 0.6) is 0 Å². The Kier molecular flexibility index (Phi) is 3.93. The summed E-state index contributed by atoms with van der Waals surface area (Å²) < 4.78 is 28.1. The summed E-state index contributed by atoms with van der Waals surface area (Å²) in [4.78, 5) is 11.2. The number of hydrogen-bond donors (Lipinski definition) is 3.